The first kappa shape index (κ1) is 13.7. The fraction of sp³-hybridized carbons (Fsp3) is 0.714. The Bertz CT molecular complexity index is 296. The molecule has 0 N–H and O–H groups in total. The number of rotatable bonds is 3. The lowest BCUT2D eigenvalue weighted by Crippen LogP contribution is -2.49. The lowest BCUT2D eigenvalue weighted by Gasteiger charge is -2.37. The van der Waals surface area contributed by atoms with Crippen molar-refractivity contribution in [1.82, 2.24) is 9.96 Å². The SMILES string of the molecule is COC1/C=C/C=C\C(N2CCN(OC)CC2)CC1. The Kier molecular flexibility index (Phi) is 5.38. The Morgan fingerprint density at radius 3 is 2.33 bits per heavy atom. The lowest BCUT2D eigenvalue weighted by molar-refractivity contribution is -0.154. The van der Waals surface area contributed by atoms with Gasteiger partial charge in [0, 0.05) is 39.3 Å². The van der Waals surface area contributed by atoms with Crippen LogP contribution in [0.4, 0.5) is 0 Å². The maximum absolute atomic E-state index is 5.43. The molecule has 0 aromatic carbocycles. The summed E-state index contributed by atoms with van der Waals surface area (Å²) in [6.45, 7) is 4.13. The Morgan fingerprint density at radius 2 is 1.67 bits per heavy atom. The predicted octanol–water partition coefficient (Wildman–Crippen LogP) is 1.46. The molecular weight excluding hydrogens is 228 g/mol. The van der Waals surface area contributed by atoms with Gasteiger partial charge in [0.15, 0.2) is 0 Å². The van der Waals surface area contributed by atoms with E-state index < -0.39 is 0 Å². The van der Waals surface area contributed by atoms with E-state index in [1.165, 1.54) is 0 Å². The van der Waals surface area contributed by atoms with Crippen molar-refractivity contribution in [3.05, 3.63) is 24.3 Å². The van der Waals surface area contributed by atoms with E-state index in [-0.39, 0.29) is 6.10 Å². The standard InChI is InChI=1S/C14H24N2O2/c1-17-14-6-4-3-5-13(7-8-14)15-9-11-16(18-2)12-10-15/h3-6,13-14H,7-12H2,1-2H3/b5-3-,6-4+. The number of hydrogen-bond donors (Lipinski definition) is 0. The van der Waals surface area contributed by atoms with Crippen molar-refractivity contribution in [2.24, 2.45) is 0 Å². The van der Waals surface area contributed by atoms with Crippen molar-refractivity contribution in [3.63, 3.8) is 0 Å². The fourth-order valence-electron chi connectivity index (χ4n) is 2.63. The Labute approximate surface area is 110 Å². The minimum absolute atomic E-state index is 0.262. The quantitative estimate of drug-likeness (QED) is 0.759. The van der Waals surface area contributed by atoms with Gasteiger partial charge in [-0.05, 0) is 12.8 Å². The molecule has 102 valence electrons. The van der Waals surface area contributed by atoms with Gasteiger partial charge in [0.1, 0.15) is 0 Å². The molecule has 0 radical (unpaired) electrons. The molecule has 1 aliphatic carbocycles. The molecule has 18 heavy (non-hydrogen) atoms. The van der Waals surface area contributed by atoms with Crippen LogP contribution in [0.15, 0.2) is 24.3 Å². The highest BCUT2D eigenvalue weighted by molar-refractivity contribution is 5.11. The van der Waals surface area contributed by atoms with E-state index in [1.807, 2.05) is 5.06 Å². The normalized spacial score (nSPS) is 34.8. The van der Waals surface area contributed by atoms with Gasteiger partial charge in [0.05, 0.1) is 13.2 Å². The molecule has 2 rings (SSSR count). The number of hydrogen-bond acceptors (Lipinski definition) is 4. The third-order valence-electron chi connectivity index (χ3n) is 3.82. The summed E-state index contributed by atoms with van der Waals surface area (Å²) in [5, 5.41) is 2.03. The van der Waals surface area contributed by atoms with Crippen LogP contribution in [-0.4, -0.2) is 62.5 Å². The summed E-state index contributed by atoms with van der Waals surface area (Å²) in [5.41, 5.74) is 0. The highest BCUT2D eigenvalue weighted by Crippen LogP contribution is 2.17. The van der Waals surface area contributed by atoms with Crippen molar-refractivity contribution in [1.29, 1.82) is 0 Å². The zero-order valence-corrected chi connectivity index (χ0v) is 11.4. The van der Waals surface area contributed by atoms with E-state index in [1.54, 1.807) is 14.2 Å². The number of ether oxygens (including phenoxy) is 1. The van der Waals surface area contributed by atoms with Gasteiger partial charge in [-0.3, -0.25) is 4.90 Å². The summed E-state index contributed by atoms with van der Waals surface area (Å²) in [5.74, 6) is 0. The first-order valence-electron chi connectivity index (χ1n) is 6.74. The minimum Gasteiger partial charge on any atom is -0.377 e. The molecule has 2 atom stereocenters. The van der Waals surface area contributed by atoms with Gasteiger partial charge in [-0.15, -0.1) is 0 Å². The van der Waals surface area contributed by atoms with Crippen LogP contribution in [0.2, 0.25) is 0 Å². The van der Waals surface area contributed by atoms with Crippen LogP contribution >= 0.6 is 0 Å². The smallest absolute Gasteiger partial charge is 0.0755 e. The molecule has 4 nitrogen and oxygen atoms in total. The van der Waals surface area contributed by atoms with Crippen molar-refractivity contribution in [3.8, 4) is 0 Å². The topological polar surface area (TPSA) is 24.9 Å². The van der Waals surface area contributed by atoms with Crippen molar-refractivity contribution in [2.75, 3.05) is 40.4 Å². The summed E-state index contributed by atoms with van der Waals surface area (Å²) in [6.07, 6.45) is 11.2. The molecule has 2 unspecified atom stereocenters. The van der Waals surface area contributed by atoms with Crippen LogP contribution in [0, 0.1) is 0 Å². The highest BCUT2D eigenvalue weighted by Gasteiger charge is 2.23. The zero-order valence-electron chi connectivity index (χ0n) is 11.4. The van der Waals surface area contributed by atoms with E-state index in [9.17, 15) is 0 Å². The first-order chi connectivity index (χ1) is 8.83. The Morgan fingerprint density at radius 1 is 0.944 bits per heavy atom. The van der Waals surface area contributed by atoms with E-state index in [0.29, 0.717) is 6.04 Å². The molecule has 4 heteroatoms. The van der Waals surface area contributed by atoms with Crippen molar-refractivity contribution >= 4 is 0 Å². The minimum atomic E-state index is 0.262. The second-order valence-corrected chi connectivity index (χ2v) is 4.84. The van der Waals surface area contributed by atoms with Gasteiger partial charge in [0.2, 0.25) is 0 Å². The second kappa shape index (κ2) is 7.04. The van der Waals surface area contributed by atoms with E-state index in [0.717, 1.165) is 39.0 Å². The molecule has 1 fully saturated rings. The number of nitrogens with zero attached hydrogens (tertiary/aromatic N) is 2. The molecule has 0 saturated carbocycles. The second-order valence-electron chi connectivity index (χ2n) is 4.84. The maximum Gasteiger partial charge on any atom is 0.0755 e. The van der Waals surface area contributed by atoms with Gasteiger partial charge >= 0.3 is 0 Å². The average Bonchev–Trinajstić information content (AvgIpc) is 2.39. The summed E-state index contributed by atoms with van der Waals surface area (Å²) < 4.78 is 5.43. The van der Waals surface area contributed by atoms with Crippen LogP contribution in [0.25, 0.3) is 0 Å². The monoisotopic (exact) mass is 252 g/mol. The Balaban J connectivity index is 1.89. The largest absolute Gasteiger partial charge is 0.377 e. The van der Waals surface area contributed by atoms with Crippen LogP contribution in [-0.2, 0) is 9.57 Å². The zero-order chi connectivity index (χ0) is 12.8. The van der Waals surface area contributed by atoms with Crippen molar-refractivity contribution in [2.45, 2.75) is 25.0 Å². The summed E-state index contributed by atoms with van der Waals surface area (Å²) >= 11 is 0. The highest BCUT2D eigenvalue weighted by atomic mass is 16.7. The molecular formula is C14H24N2O2. The van der Waals surface area contributed by atoms with Crippen LogP contribution < -0.4 is 0 Å². The molecule has 1 saturated heterocycles. The molecule has 2 aliphatic rings. The van der Waals surface area contributed by atoms with E-state index >= 15 is 0 Å². The lowest BCUT2D eigenvalue weighted by atomic mass is 10.0. The first-order valence-corrected chi connectivity index (χ1v) is 6.74. The van der Waals surface area contributed by atoms with Gasteiger partial charge in [-0.25, -0.2) is 0 Å². The van der Waals surface area contributed by atoms with Gasteiger partial charge < -0.3 is 9.57 Å². The van der Waals surface area contributed by atoms with Crippen LogP contribution in [0.1, 0.15) is 12.8 Å². The van der Waals surface area contributed by atoms with Crippen LogP contribution in [0.3, 0.4) is 0 Å². The molecule has 0 bridgehead atoms. The van der Waals surface area contributed by atoms with Gasteiger partial charge in [-0.1, -0.05) is 24.3 Å². The summed E-state index contributed by atoms with van der Waals surface area (Å²) in [4.78, 5) is 7.80. The van der Waals surface area contributed by atoms with E-state index in [4.69, 9.17) is 9.57 Å². The van der Waals surface area contributed by atoms with Gasteiger partial charge in [0.25, 0.3) is 0 Å². The average molecular weight is 252 g/mol. The third kappa shape index (κ3) is 3.65. The number of allylic oxidation sites excluding steroid dienone is 2. The number of methoxy groups -OCH3 is 1. The number of piperazine rings is 1. The van der Waals surface area contributed by atoms with Gasteiger partial charge in [-0.2, -0.15) is 5.06 Å². The Hall–Kier alpha value is -0.680. The number of hydroxylamine groups is 2. The molecule has 0 amide bonds. The molecule has 1 heterocycles. The molecule has 0 spiro atoms. The fourth-order valence-corrected chi connectivity index (χ4v) is 2.63. The summed E-state index contributed by atoms with van der Waals surface area (Å²) in [7, 11) is 3.53. The maximum atomic E-state index is 5.43. The predicted molar refractivity (Wildman–Crippen MR) is 72.3 cm³/mol. The molecule has 1 aliphatic heterocycles. The summed E-state index contributed by atoms with van der Waals surface area (Å²) in [6, 6.07) is 0.534. The molecule has 0 aromatic heterocycles. The molecule has 0 aromatic rings. The van der Waals surface area contributed by atoms with Crippen molar-refractivity contribution < 1.29 is 9.57 Å². The van der Waals surface area contributed by atoms with Crippen LogP contribution in [0.5, 0.6) is 0 Å². The third-order valence-corrected chi connectivity index (χ3v) is 3.82. The van der Waals surface area contributed by atoms with E-state index in [2.05, 4.69) is 29.2 Å².